The Hall–Kier alpha value is -1.30. The van der Waals surface area contributed by atoms with E-state index in [1.807, 2.05) is 32.2 Å². The zero-order chi connectivity index (χ0) is 13.9. The molecule has 1 aromatic rings. The number of aliphatic hydroxyl groups is 1. The van der Waals surface area contributed by atoms with Crippen molar-refractivity contribution in [2.24, 2.45) is 0 Å². The predicted molar refractivity (Wildman–Crippen MR) is 73.8 cm³/mol. The van der Waals surface area contributed by atoms with E-state index in [0.29, 0.717) is 32.2 Å². The van der Waals surface area contributed by atoms with Crippen molar-refractivity contribution in [2.75, 3.05) is 40.1 Å². The van der Waals surface area contributed by atoms with Gasteiger partial charge >= 0.3 is 0 Å². The van der Waals surface area contributed by atoms with Crippen LogP contribution < -0.4 is 14.8 Å². The molecule has 0 aliphatic carbocycles. The number of nitrogens with one attached hydrogen (secondary N) is 1. The molecule has 0 heterocycles. The summed E-state index contributed by atoms with van der Waals surface area (Å²) in [5.41, 5.74) is 1.15. The molecule has 108 valence electrons. The predicted octanol–water partition coefficient (Wildman–Crippen LogP) is 1.19. The molecular formula is C14H23NO4. The molecule has 0 fully saturated rings. The van der Waals surface area contributed by atoms with Crippen LogP contribution in [0.25, 0.3) is 0 Å². The standard InChI is InChI=1S/C14H23NO4/c1-3-18-14-10-12(11-15-2)4-5-13(14)19-9-8-17-7-6-16/h4-5,10,15-16H,3,6-9,11H2,1-2H3. The van der Waals surface area contributed by atoms with Gasteiger partial charge in [-0.25, -0.2) is 0 Å². The molecular weight excluding hydrogens is 246 g/mol. The van der Waals surface area contributed by atoms with Crippen molar-refractivity contribution in [3.8, 4) is 11.5 Å². The van der Waals surface area contributed by atoms with E-state index in [9.17, 15) is 0 Å². The van der Waals surface area contributed by atoms with Gasteiger partial charge in [-0.1, -0.05) is 6.07 Å². The Morgan fingerprint density at radius 1 is 1.11 bits per heavy atom. The van der Waals surface area contributed by atoms with Gasteiger partial charge in [0.2, 0.25) is 0 Å². The molecule has 0 amide bonds. The minimum atomic E-state index is 0.0307. The van der Waals surface area contributed by atoms with Crippen molar-refractivity contribution in [1.82, 2.24) is 5.32 Å². The van der Waals surface area contributed by atoms with Gasteiger partial charge in [0.1, 0.15) is 6.61 Å². The fourth-order valence-corrected chi connectivity index (χ4v) is 1.63. The monoisotopic (exact) mass is 269 g/mol. The summed E-state index contributed by atoms with van der Waals surface area (Å²) in [6.45, 7) is 4.58. The van der Waals surface area contributed by atoms with Crippen molar-refractivity contribution in [3.63, 3.8) is 0 Å². The molecule has 0 saturated heterocycles. The third kappa shape index (κ3) is 5.92. The first kappa shape index (κ1) is 15.8. The van der Waals surface area contributed by atoms with Crippen molar-refractivity contribution in [3.05, 3.63) is 23.8 Å². The number of rotatable bonds is 10. The summed E-state index contributed by atoms with van der Waals surface area (Å²) in [7, 11) is 1.91. The molecule has 5 heteroatoms. The van der Waals surface area contributed by atoms with Gasteiger partial charge in [0, 0.05) is 6.54 Å². The van der Waals surface area contributed by atoms with E-state index >= 15 is 0 Å². The Balaban J connectivity index is 2.54. The molecule has 0 spiro atoms. The smallest absolute Gasteiger partial charge is 0.161 e. The molecule has 1 aromatic carbocycles. The first-order valence-corrected chi connectivity index (χ1v) is 6.53. The Morgan fingerprint density at radius 2 is 1.95 bits per heavy atom. The Bertz CT molecular complexity index is 357. The normalized spacial score (nSPS) is 10.5. The maximum absolute atomic E-state index is 8.59. The van der Waals surface area contributed by atoms with E-state index < -0.39 is 0 Å². The van der Waals surface area contributed by atoms with Crippen LogP contribution in [0.15, 0.2) is 18.2 Å². The first-order valence-electron chi connectivity index (χ1n) is 6.53. The topological polar surface area (TPSA) is 60.0 Å². The zero-order valence-electron chi connectivity index (χ0n) is 11.6. The zero-order valence-corrected chi connectivity index (χ0v) is 11.6. The fourth-order valence-electron chi connectivity index (χ4n) is 1.63. The van der Waals surface area contributed by atoms with Gasteiger partial charge in [-0.3, -0.25) is 0 Å². The van der Waals surface area contributed by atoms with E-state index in [-0.39, 0.29) is 6.61 Å². The van der Waals surface area contributed by atoms with Gasteiger partial charge in [0.05, 0.1) is 26.4 Å². The maximum Gasteiger partial charge on any atom is 0.161 e. The lowest BCUT2D eigenvalue weighted by Crippen LogP contribution is -2.10. The minimum Gasteiger partial charge on any atom is -0.490 e. The van der Waals surface area contributed by atoms with Crippen LogP contribution in [0, 0.1) is 0 Å². The third-order valence-electron chi connectivity index (χ3n) is 2.41. The highest BCUT2D eigenvalue weighted by atomic mass is 16.5. The second-order valence-electron chi connectivity index (χ2n) is 3.93. The Labute approximate surface area is 114 Å². The van der Waals surface area contributed by atoms with E-state index in [1.165, 1.54) is 0 Å². The van der Waals surface area contributed by atoms with Crippen LogP contribution in [-0.4, -0.2) is 45.2 Å². The summed E-state index contributed by atoms with van der Waals surface area (Å²) >= 11 is 0. The van der Waals surface area contributed by atoms with Crippen LogP contribution in [0.3, 0.4) is 0 Å². The Morgan fingerprint density at radius 3 is 2.63 bits per heavy atom. The van der Waals surface area contributed by atoms with Crippen LogP contribution in [0.5, 0.6) is 11.5 Å². The van der Waals surface area contributed by atoms with Gasteiger partial charge < -0.3 is 24.6 Å². The largest absolute Gasteiger partial charge is 0.490 e. The van der Waals surface area contributed by atoms with E-state index in [0.717, 1.165) is 17.9 Å². The highest BCUT2D eigenvalue weighted by molar-refractivity contribution is 5.43. The second-order valence-corrected chi connectivity index (χ2v) is 3.93. The quantitative estimate of drug-likeness (QED) is 0.625. The summed E-state index contributed by atoms with van der Waals surface area (Å²) in [6.07, 6.45) is 0. The minimum absolute atomic E-state index is 0.0307. The highest BCUT2D eigenvalue weighted by Crippen LogP contribution is 2.28. The van der Waals surface area contributed by atoms with Crippen LogP contribution >= 0.6 is 0 Å². The summed E-state index contributed by atoms with van der Waals surface area (Å²) in [6, 6.07) is 5.89. The third-order valence-corrected chi connectivity index (χ3v) is 2.41. The summed E-state index contributed by atoms with van der Waals surface area (Å²) in [5, 5.41) is 11.7. The average Bonchev–Trinajstić information content (AvgIpc) is 2.41. The summed E-state index contributed by atoms with van der Waals surface area (Å²) < 4.78 is 16.3. The van der Waals surface area contributed by atoms with Gasteiger partial charge in [0.15, 0.2) is 11.5 Å². The van der Waals surface area contributed by atoms with E-state index in [2.05, 4.69) is 5.32 Å². The first-order chi connectivity index (χ1) is 9.31. The molecule has 0 radical (unpaired) electrons. The van der Waals surface area contributed by atoms with Crippen molar-refractivity contribution in [1.29, 1.82) is 0 Å². The number of aliphatic hydroxyl groups excluding tert-OH is 1. The molecule has 0 aliphatic rings. The number of benzene rings is 1. The number of hydrogen-bond acceptors (Lipinski definition) is 5. The van der Waals surface area contributed by atoms with Gasteiger partial charge in [-0.15, -0.1) is 0 Å². The lowest BCUT2D eigenvalue weighted by atomic mass is 10.2. The molecule has 0 saturated carbocycles. The summed E-state index contributed by atoms with van der Waals surface area (Å²) in [5.74, 6) is 1.46. The average molecular weight is 269 g/mol. The van der Waals surface area contributed by atoms with Crippen LogP contribution in [-0.2, 0) is 11.3 Å². The Kier molecular flexibility index (Phi) is 7.97. The van der Waals surface area contributed by atoms with Gasteiger partial charge in [-0.2, -0.15) is 0 Å². The number of ether oxygens (including phenoxy) is 3. The van der Waals surface area contributed by atoms with Gasteiger partial charge in [-0.05, 0) is 31.7 Å². The van der Waals surface area contributed by atoms with Crippen molar-refractivity contribution < 1.29 is 19.3 Å². The molecule has 1 rings (SSSR count). The molecule has 5 nitrogen and oxygen atoms in total. The lowest BCUT2D eigenvalue weighted by molar-refractivity contribution is 0.0697. The molecule has 2 N–H and O–H groups in total. The molecule has 0 aromatic heterocycles. The second kappa shape index (κ2) is 9.61. The van der Waals surface area contributed by atoms with Crippen LogP contribution in [0.2, 0.25) is 0 Å². The van der Waals surface area contributed by atoms with Crippen molar-refractivity contribution in [2.45, 2.75) is 13.5 Å². The highest BCUT2D eigenvalue weighted by Gasteiger charge is 2.06. The van der Waals surface area contributed by atoms with Crippen LogP contribution in [0.1, 0.15) is 12.5 Å². The number of hydrogen-bond donors (Lipinski definition) is 2. The molecule has 0 aliphatic heterocycles. The van der Waals surface area contributed by atoms with Gasteiger partial charge in [0.25, 0.3) is 0 Å². The molecule has 19 heavy (non-hydrogen) atoms. The molecule has 0 bridgehead atoms. The molecule has 0 atom stereocenters. The van der Waals surface area contributed by atoms with Crippen LogP contribution in [0.4, 0.5) is 0 Å². The molecule has 0 unspecified atom stereocenters. The SMILES string of the molecule is CCOc1cc(CNC)ccc1OCCOCCO. The van der Waals surface area contributed by atoms with Crippen molar-refractivity contribution >= 4 is 0 Å². The summed E-state index contributed by atoms with van der Waals surface area (Å²) in [4.78, 5) is 0. The lowest BCUT2D eigenvalue weighted by Gasteiger charge is -2.13. The maximum atomic E-state index is 8.59. The fraction of sp³-hybridized carbons (Fsp3) is 0.571. The van der Waals surface area contributed by atoms with E-state index in [1.54, 1.807) is 0 Å². The van der Waals surface area contributed by atoms with E-state index in [4.69, 9.17) is 19.3 Å².